The molecular weight excluding hydrogens is 276 g/mol. The van der Waals surface area contributed by atoms with E-state index in [-0.39, 0.29) is 0 Å². The van der Waals surface area contributed by atoms with E-state index in [1.165, 1.54) is 0 Å². The van der Waals surface area contributed by atoms with Crippen molar-refractivity contribution in [1.29, 1.82) is 0 Å². The fourth-order valence-corrected chi connectivity index (χ4v) is 2.09. The van der Waals surface area contributed by atoms with Crippen LogP contribution >= 0.6 is 11.6 Å². The molecule has 0 amide bonds. The fourth-order valence-electron chi connectivity index (χ4n) is 1.90. The quantitative estimate of drug-likeness (QED) is 0.795. The minimum atomic E-state index is 0.575. The molecule has 108 valence electrons. The van der Waals surface area contributed by atoms with Gasteiger partial charge in [0, 0.05) is 10.6 Å². The molecule has 1 aromatic carbocycles. The molecule has 0 aliphatic heterocycles. The first-order chi connectivity index (χ1) is 9.69. The Hall–Kier alpha value is -1.43. The standard InChI is InChI=1S/C14H19ClN4O/c1-16-7-4-8-19(2)10-13-17-14(18-20-13)11-5-3-6-12(15)9-11/h3,5-6,9,16H,4,7-8,10H2,1-2H3. The van der Waals surface area contributed by atoms with E-state index in [1.54, 1.807) is 0 Å². The summed E-state index contributed by atoms with van der Waals surface area (Å²) < 4.78 is 5.27. The highest BCUT2D eigenvalue weighted by molar-refractivity contribution is 6.30. The minimum Gasteiger partial charge on any atom is -0.338 e. The summed E-state index contributed by atoms with van der Waals surface area (Å²) in [5.74, 6) is 1.19. The van der Waals surface area contributed by atoms with Gasteiger partial charge in [-0.05, 0) is 45.7 Å². The highest BCUT2D eigenvalue weighted by Crippen LogP contribution is 2.20. The molecule has 2 aromatic rings. The molecular formula is C14H19ClN4O. The van der Waals surface area contributed by atoms with Crippen LogP contribution in [0.1, 0.15) is 12.3 Å². The summed E-state index contributed by atoms with van der Waals surface area (Å²) in [7, 11) is 3.99. The number of rotatable bonds is 7. The predicted octanol–water partition coefficient (Wildman–Crippen LogP) is 2.43. The number of halogens is 1. The van der Waals surface area contributed by atoms with Crippen molar-refractivity contribution in [3.63, 3.8) is 0 Å². The first kappa shape index (κ1) is 15.0. The van der Waals surface area contributed by atoms with Crippen molar-refractivity contribution < 1.29 is 4.52 Å². The van der Waals surface area contributed by atoms with Gasteiger partial charge >= 0.3 is 0 Å². The zero-order valence-electron chi connectivity index (χ0n) is 11.8. The van der Waals surface area contributed by atoms with Gasteiger partial charge in [-0.25, -0.2) is 0 Å². The van der Waals surface area contributed by atoms with Gasteiger partial charge in [0.05, 0.1) is 6.54 Å². The first-order valence-electron chi connectivity index (χ1n) is 6.60. The first-order valence-corrected chi connectivity index (χ1v) is 6.98. The van der Waals surface area contributed by atoms with E-state index in [1.807, 2.05) is 38.4 Å². The van der Waals surface area contributed by atoms with Crippen LogP contribution in [0.2, 0.25) is 5.02 Å². The lowest BCUT2D eigenvalue weighted by Gasteiger charge is -2.13. The highest BCUT2D eigenvalue weighted by Gasteiger charge is 2.10. The van der Waals surface area contributed by atoms with Crippen molar-refractivity contribution >= 4 is 11.6 Å². The molecule has 0 radical (unpaired) electrons. The lowest BCUT2D eigenvalue weighted by molar-refractivity contribution is 0.264. The maximum absolute atomic E-state index is 5.96. The zero-order valence-corrected chi connectivity index (χ0v) is 12.5. The minimum absolute atomic E-state index is 0.575. The van der Waals surface area contributed by atoms with Gasteiger partial charge in [-0.2, -0.15) is 4.98 Å². The summed E-state index contributed by atoms with van der Waals surface area (Å²) >= 11 is 5.96. The molecule has 1 aromatic heterocycles. The average Bonchev–Trinajstić information content (AvgIpc) is 2.87. The number of aromatic nitrogens is 2. The van der Waals surface area contributed by atoms with Gasteiger partial charge < -0.3 is 9.84 Å². The molecule has 0 aliphatic rings. The number of hydrogen-bond donors (Lipinski definition) is 1. The molecule has 5 nitrogen and oxygen atoms in total. The van der Waals surface area contributed by atoms with Gasteiger partial charge in [-0.3, -0.25) is 4.90 Å². The molecule has 20 heavy (non-hydrogen) atoms. The molecule has 0 atom stereocenters. The summed E-state index contributed by atoms with van der Waals surface area (Å²) in [6.07, 6.45) is 1.09. The smallest absolute Gasteiger partial charge is 0.241 e. The third-order valence-electron chi connectivity index (χ3n) is 2.92. The summed E-state index contributed by atoms with van der Waals surface area (Å²) in [5, 5.41) is 7.79. The van der Waals surface area contributed by atoms with Crippen LogP contribution in [0.5, 0.6) is 0 Å². The molecule has 0 bridgehead atoms. The molecule has 1 N–H and O–H groups in total. The Morgan fingerprint density at radius 2 is 2.25 bits per heavy atom. The molecule has 2 rings (SSSR count). The molecule has 1 heterocycles. The van der Waals surface area contributed by atoms with Gasteiger partial charge in [-0.1, -0.05) is 28.9 Å². The van der Waals surface area contributed by atoms with Crippen molar-refractivity contribution in [1.82, 2.24) is 20.4 Å². The molecule has 0 aliphatic carbocycles. The van der Waals surface area contributed by atoms with Crippen LogP contribution in [0.3, 0.4) is 0 Å². The zero-order chi connectivity index (χ0) is 14.4. The predicted molar refractivity (Wildman–Crippen MR) is 79.6 cm³/mol. The molecule has 0 saturated heterocycles. The number of nitrogens with zero attached hydrogens (tertiary/aromatic N) is 3. The van der Waals surface area contributed by atoms with Crippen LogP contribution in [-0.4, -0.2) is 42.2 Å². The van der Waals surface area contributed by atoms with Gasteiger partial charge in [0.25, 0.3) is 0 Å². The van der Waals surface area contributed by atoms with E-state index in [2.05, 4.69) is 20.4 Å². The van der Waals surface area contributed by atoms with Gasteiger partial charge in [-0.15, -0.1) is 0 Å². The Balaban J connectivity index is 1.95. The lowest BCUT2D eigenvalue weighted by atomic mass is 10.2. The number of hydrogen-bond acceptors (Lipinski definition) is 5. The van der Waals surface area contributed by atoms with Crippen LogP contribution in [0.15, 0.2) is 28.8 Å². The number of nitrogens with one attached hydrogen (secondary N) is 1. The molecule has 0 fully saturated rings. The van der Waals surface area contributed by atoms with E-state index in [0.29, 0.717) is 23.3 Å². The lowest BCUT2D eigenvalue weighted by Crippen LogP contribution is -2.22. The second-order valence-corrected chi connectivity index (χ2v) is 5.15. The molecule has 0 saturated carbocycles. The highest BCUT2D eigenvalue weighted by atomic mass is 35.5. The van der Waals surface area contributed by atoms with E-state index >= 15 is 0 Å². The molecule has 0 unspecified atom stereocenters. The van der Waals surface area contributed by atoms with Crippen LogP contribution in [-0.2, 0) is 6.54 Å². The fraction of sp³-hybridized carbons (Fsp3) is 0.429. The third kappa shape index (κ3) is 4.30. The van der Waals surface area contributed by atoms with E-state index in [0.717, 1.165) is 25.1 Å². The Kier molecular flexibility index (Phi) is 5.52. The van der Waals surface area contributed by atoms with Gasteiger partial charge in [0.2, 0.25) is 11.7 Å². The Bertz CT molecular complexity index is 543. The van der Waals surface area contributed by atoms with Crippen LogP contribution in [0.25, 0.3) is 11.4 Å². The Morgan fingerprint density at radius 1 is 1.40 bits per heavy atom. The summed E-state index contributed by atoms with van der Waals surface area (Å²) in [4.78, 5) is 6.56. The van der Waals surface area contributed by atoms with E-state index in [4.69, 9.17) is 16.1 Å². The van der Waals surface area contributed by atoms with Crippen molar-refractivity contribution in [2.75, 3.05) is 27.2 Å². The van der Waals surface area contributed by atoms with Gasteiger partial charge in [0.15, 0.2) is 0 Å². The second-order valence-electron chi connectivity index (χ2n) is 4.72. The number of benzene rings is 1. The largest absolute Gasteiger partial charge is 0.338 e. The van der Waals surface area contributed by atoms with E-state index in [9.17, 15) is 0 Å². The molecule has 0 spiro atoms. The van der Waals surface area contributed by atoms with Crippen LogP contribution in [0.4, 0.5) is 0 Å². The van der Waals surface area contributed by atoms with Crippen molar-refractivity contribution in [2.24, 2.45) is 0 Å². The van der Waals surface area contributed by atoms with Crippen molar-refractivity contribution in [2.45, 2.75) is 13.0 Å². The maximum Gasteiger partial charge on any atom is 0.241 e. The average molecular weight is 295 g/mol. The molecule has 6 heteroatoms. The van der Waals surface area contributed by atoms with Crippen LogP contribution in [0, 0.1) is 0 Å². The van der Waals surface area contributed by atoms with Gasteiger partial charge in [0.1, 0.15) is 0 Å². The summed E-state index contributed by atoms with van der Waals surface area (Å²) in [6, 6.07) is 7.43. The topological polar surface area (TPSA) is 54.2 Å². The maximum atomic E-state index is 5.96. The Morgan fingerprint density at radius 3 is 3.00 bits per heavy atom. The van der Waals surface area contributed by atoms with Crippen molar-refractivity contribution in [3.05, 3.63) is 35.2 Å². The summed E-state index contributed by atoms with van der Waals surface area (Å²) in [5.41, 5.74) is 0.866. The Labute approximate surface area is 123 Å². The van der Waals surface area contributed by atoms with Crippen molar-refractivity contribution in [3.8, 4) is 11.4 Å². The second kappa shape index (κ2) is 7.38. The monoisotopic (exact) mass is 294 g/mol. The third-order valence-corrected chi connectivity index (χ3v) is 3.16. The van der Waals surface area contributed by atoms with Crippen LogP contribution < -0.4 is 5.32 Å². The SMILES string of the molecule is CNCCCN(C)Cc1nc(-c2cccc(Cl)c2)no1. The normalized spacial score (nSPS) is 11.2. The summed E-state index contributed by atoms with van der Waals surface area (Å²) in [6.45, 7) is 2.63. The van der Waals surface area contributed by atoms with E-state index < -0.39 is 0 Å².